The summed E-state index contributed by atoms with van der Waals surface area (Å²) < 4.78 is 0. The highest BCUT2D eigenvalue weighted by Gasteiger charge is 2.16. The summed E-state index contributed by atoms with van der Waals surface area (Å²) in [6, 6.07) is 6.01. The molecule has 1 aromatic heterocycles. The maximum atomic E-state index is 12.2. The number of hydrogen-bond donors (Lipinski definition) is 1. The van der Waals surface area contributed by atoms with Crippen molar-refractivity contribution in [1.29, 1.82) is 0 Å². The van der Waals surface area contributed by atoms with E-state index in [2.05, 4.69) is 11.1 Å². The Morgan fingerprint density at radius 3 is 2.72 bits per heavy atom. The Hall–Kier alpha value is -1.68. The first-order valence-electron chi connectivity index (χ1n) is 6.11. The van der Waals surface area contributed by atoms with Crippen molar-refractivity contribution < 1.29 is 4.79 Å². The van der Waals surface area contributed by atoms with Crippen molar-refractivity contribution >= 4 is 22.3 Å². The third-order valence-corrected chi connectivity index (χ3v) is 4.04. The first-order chi connectivity index (χ1) is 8.74. The Labute approximate surface area is 110 Å². The SMILES string of the molecule is Nc1nc(C(=O)c2ccc3c(c2)CCCC3)cs1. The fraction of sp³-hybridized carbons (Fsp3) is 0.286. The van der Waals surface area contributed by atoms with Crippen molar-refractivity contribution in [2.75, 3.05) is 5.73 Å². The molecule has 3 rings (SSSR count). The van der Waals surface area contributed by atoms with Crippen LogP contribution in [-0.4, -0.2) is 10.8 Å². The van der Waals surface area contributed by atoms with Crippen LogP contribution in [0.1, 0.15) is 40.0 Å². The molecule has 1 heterocycles. The largest absolute Gasteiger partial charge is 0.375 e. The minimum Gasteiger partial charge on any atom is -0.375 e. The number of aryl methyl sites for hydroxylation is 2. The summed E-state index contributed by atoms with van der Waals surface area (Å²) in [6.07, 6.45) is 4.68. The summed E-state index contributed by atoms with van der Waals surface area (Å²) in [5.74, 6) is -0.0312. The summed E-state index contributed by atoms with van der Waals surface area (Å²) in [7, 11) is 0. The Bertz CT molecular complexity index is 604. The molecule has 2 aromatic rings. The standard InChI is InChI=1S/C14H14N2OS/c15-14-16-12(8-18-14)13(17)11-6-5-9-3-1-2-4-10(9)7-11/h5-8H,1-4H2,(H2,15,16). The van der Waals surface area contributed by atoms with Crippen LogP contribution in [0.15, 0.2) is 23.6 Å². The van der Waals surface area contributed by atoms with Gasteiger partial charge in [0.25, 0.3) is 0 Å². The number of anilines is 1. The van der Waals surface area contributed by atoms with E-state index in [4.69, 9.17) is 5.73 Å². The van der Waals surface area contributed by atoms with Gasteiger partial charge in [-0.3, -0.25) is 4.79 Å². The number of fused-ring (bicyclic) bond motifs is 1. The van der Waals surface area contributed by atoms with E-state index in [1.807, 2.05) is 12.1 Å². The van der Waals surface area contributed by atoms with Crippen molar-refractivity contribution in [3.05, 3.63) is 46.0 Å². The maximum Gasteiger partial charge on any atom is 0.212 e. The van der Waals surface area contributed by atoms with Gasteiger partial charge in [0.2, 0.25) is 5.78 Å². The molecule has 3 nitrogen and oxygen atoms in total. The molecule has 18 heavy (non-hydrogen) atoms. The number of carbonyl (C=O) groups is 1. The average Bonchev–Trinajstić information content (AvgIpc) is 2.84. The highest BCUT2D eigenvalue weighted by Crippen LogP contribution is 2.23. The lowest BCUT2D eigenvalue weighted by molar-refractivity contribution is 0.103. The second-order valence-corrected chi connectivity index (χ2v) is 5.48. The molecule has 0 aliphatic heterocycles. The average molecular weight is 258 g/mol. The summed E-state index contributed by atoms with van der Waals surface area (Å²) in [5.41, 5.74) is 9.44. The number of nitrogens with zero attached hydrogens (tertiary/aromatic N) is 1. The number of benzene rings is 1. The molecule has 2 N–H and O–H groups in total. The van der Waals surface area contributed by atoms with Gasteiger partial charge in [0, 0.05) is 10.9 Å². The van der Waals surface area contributed by atoms with Crippen molar-refractivity contribution in [1.82, 2.24) is 4.98 Å². The van der Waals surface area contributed by atoms with Crippen molar-refractivity contribution in [3.63, 3.8) is 0 Å². The van der Waals surface area contributed by atoms with Gasteiger partial charge in [-0.15, -0.1) is 11.3 Å². The Balaban J connectivity index is 1.95. The van der Waals surface area contributed by atoms with E-state index in [1.54, 1.807) is 5.38 Å². The second-order valence-electron chi connectivity index (χ2n) is 4.59. The normalized spacial score (nSPS) is 14.2. The highest BCUT2D eigenvalue weighted by atomic mass is 32.1. The van der Waals surface area contributed by atoms with Crippen LogP contribution in [0.4, 0.5) is 5.13 Å². The number of rotatable bonds is 2. The third-order valence-electron chi connectivity index (χ3n) is 3.37. The van der Waals surface area contributed by atoms with E-state index >= 15 is 0 Å². The van der Waals surface area contributed by atoms with Crippen LogP contribution in [-0.2, 0) is 12.8 Å². The van der Waals surface area contributed by atoms with Gasteiger partial charge in [-0.25, -0.2) is 4.98 Å². The Kier molecular flexibility index (Phi) is 2.88. The molecule has 0 amide bonds. The minimum absolute atomic E-state index is 0.0312. The zero-order valence-electron chi connectivity index (χ0n) is 9.98. The van der Waals surface area contributed by atoms with E-state index < -0.39 is 0 Å². The predicted molar refractivity (Wildman–Crippen MR) is 73.0 cm³/mol. The minimum atomic E-state index is -0.0312. The van der Waals surface area contributed by atoms with E-state index in [0.717, 1.165) is 18.4 Å². The van der Waals surface area contributed by atoms with E-state index in [-0.39, 0.29) is 5.78 Å². The van der Waals surface area contributed by atoms with Crippen LogP contribution in [0, 0.1) is 0 Å². The molecule has 0 atom stereocenters. The lowest BCUT2D eigenvalue weighted by atomic mass is 9.89. The fourth-order valence-corrected chi connectivity index (χ4v) is 2.96. The zero-order chi connectivity index (χ0) is 12.5. The fourth-order valence-electron chi connectivity index (χ4n) is 2.41. The summed E-state index contributed by atoms with van der Waals surface area (Å²) >= 11 is 1.30. The van der Waals surface area contributed by atoms with Gasteiger partial charge < -0.3 is 5.73 Å². The number of ketones is 1. The molecule has 92 valence electrons. The van der Waals surface area contributed by atoms with Crippen LogP contribution >= 0.6 is 11.3 Å². The number of carbonyl (C=O) groups excluding carboxylic acids is 1. The quantitative estimate of drug-likeness (QED) is 0.843. The Morgan fingerprint density at radius 2 is 2.00 bits per heavy atom. The van der Waals surface area contributed by atoms with Crippen LogP contribution in [0.5, 0.6) is 0 Å². The van der Waals surface area contributed by atoms with Crippen LogP contribution in [0.2, 0.25) is 0 Å². The lowest BCUT2D eigenvalue weighted by Crippen LogP contribution is -2.07. The molecule has 0 saturated heterocycles. The second kappa shape index (κ2) is 4.53. The molecule has 0 unspecified atom stereocenters. The Morgan fingerprint density at radius 1 is 1.22 bits per heavy atom. The lowest BCUT2D eigenvalue weighted by Gasteiger charge is -2.15. The molecule has 0 saturated carbocycles. The third kappa shape index (κ3) is 2.04. The molecule has 0 bridgehead atoms. The predicted octanol–water partition coefficient (Wildman–Crippen LogP) is 2.84. The molecular weight excluding hydrogens is 244 g/mol. The van der Waals surface area contributed by atoms with Gasteiger partial charge in [0.05, 0.1) is 0 Å². The number of aromatic nitrogens is 1. The van der Waals surface area contributed by atoms with E-state index in [0.29, 0.717) is 10.8 Å². The van der Waals surface area contributed by atoms with Gasteiger partial charge in [-0.2, -0.15) is 0 Å². The number of nitrogen functional groups attached to an aromatic ring is 1. The maximum absolute atomic E-state index is 12.2. The molecule has 1 aliphatic rings. The molecule has 1 aliphatic carbocycles. The summed E-state index contributed by atoms with van der Waals surface area (Å²) in [4.78, 5) is 16.3. The van der Waals surface area contributed by atoms with Crippen molar-refractivity contribution in [2.45, 2.75) is 25.7 Å². The summed E-state index contributed by atoms with van der Waals surface area (Å²) in [5, 5.41) is 2.16. The molecule has 4 heteroatoms. The molecule has 0 radical (unpaired) electrons. The van der Waals surface area contributed by atoms with Crippen LogP contribution in [0.25, 0.3) is 0 Å². The van der Waals surface area contributed by atoms with E-state index in [9.17, 15) is 4.79 Å². The monoisotopic (exact) mass is 258 g/mol. The molecule has 0 spiro atoms. The molecular formula is C14H14N2OS. The van der Waals surface area contributed by atoms with Gasteiger partial charge in [-0.1, -0.05) is 12.1 Å². The smallest absolute Gasteiger partial charge is 0.212 e. The van der Waals surface area contributed by atoms with Crippen molar-refractivity contribution in [3.8, 4) is 0 Å². The van der Waals surface area contributed by atoms with Crippen molar-refractivity contribution in [2.24, 2.45) is 0 Å². The molecule has 0 fully saturated rings. The number of thiazole rings is 1. The van der Waals surface area contributed by atoms with Gasteiger partial charge in [-0.05, 0) is 42.9 Å². The summed E-state index contributed by atoms with van der Waals surface area (Å²) in [6.45, 7) is 0. The van der Waals surface area contributed by atoms with Crippen LogP contribution < -0.4 is 5.73 Å². The van der Waals surface area contributed by atoms with Gasteiger partial charge in [0.15, 0.2) is 5.13 Å². The van der Waals surface area contributed by atoms with Crippen LogP contribution in [0.3, 0.4) is 0 Å². The first kappa shape index (κ1) is 11.4. The number of hydrogen-bond acceptors (Lipinski definition) is 4. The van der Waals surface area contributed by atoms with Gasteiger partial charge in [0.1, 0.15) is 5.69 Å². The topological polar surface area (TPSA) is 56.0 Å². The molecule has 1 aromatic carbocycles. The van der Waals surface area contributed by atoms with Gasteiger partial charge >= 0.3 is 0 Å². The zero-order valence-corrected chi connectivity index (χ0v) is 10.8. The first-order valence-corrected chi connectivity index (χ1v) is 6.99. The number of nitrogens with two attached hydrogens (primary N) is 1. The highest BCUT2D eigenvalue weighted by molar-refractivity contribution is 7.13. The van der Waals surface area contributed by atoms with E-state index in [1.165, 1.54) is 35.3 Å².